The van der Waals surface area contributed by atoms with Gasteiger partial charge in [-0.25, -0.2) is 0 Å². The van der Waals surface area contributed by atoms with Crippen LogP contribution in [0.2, 0.25) is 0 Å². The second-order valence-corrected chi connectivity index (χ2v) is 4.95. The smallest absolute Gasteiger partial charge is 0.261 e. The van der Waals surface area contributed by atoms with Crippen molar-refractivity contribution >= 4 is 27.5 Å². The van der Waals surface area contributed by atoms with Crippen molar-refractivity contribution in [3.8, 4) is 5.75 Å². The van der Waals surface area contributed by atoms with Crippen LogP contribution in [0.25, 0.3) is 0 Å². The Morgan fingerprint density at radius 3 is 2.95 bits per heavy atom. The Balaban J connectivity index is 2.30. The molecule has 1 amide bonds. The lowest BCUT2D eigenvalue weighted by Gasteiger charge is -2.07. The van der Waals surface area contributed by atoms with E-state index in [1.807, 2.05) is 6.92 Å². The van der Waals surface area contributed by atoms with Gasteiger partial charge in [0.25, 0.3) is 5.91 Å². The van der Waals surface area contributed by atoms with Gasteiger partial charge >= 0.3 is 0 Å². The number of hydrogen-bond donors (Lipinski definition) is 2. The van der Waals surface area contributed by atoms with Crippen LogP contribution in [0.1, 0.15) is 28.7 Å². The van der Waals surface area contributed by atoms with Gasteiger partial charge in [0.05, 0.1) is 11.4 Å². The zero-order chi connectivity index (χ0) is 14.0. The molecule has 0 unspecified atom stereocenters. The number of nitrogens with zero attached hydrogens (tertiary/aromatic N) is 1. The number of hydrogen-bond acceptors (Lipinski definition) is 4. The SMILES string of the molecule is CCc1onc(C)c1C(=O)Nc1cc(Br)ccc1O. The molecule has 100 valence electrons. The standard InChI is InChI=1S/C13H13BrN2O3/c1-3-11-12(7(2)16-19-11)13(18)15-9-6-8(14)4-5-10(9)17/h4-6,17H,3H2,1-2H3,(H,15,18). The first-order chi connectivity index (χ1) is 9.02. The second kappa shape index (κ2) is 5.44. The minimum Gasteiger partial charge on any atom is -0.506 e. The molecule has 1 aromatic heterocycles. The van der Waals surface area contributed by atoms with Crippen LogP contribution in [0, 0.1) is 6.92 Å². The number of amides is 1. The van der Waals surface area contributed by atoms with Gasteiger partial charge in [0.15, 0.2) is 0 Å². The van der Waals surface area contributed by atoms with Crippen molar-refractivity contribution in [1.29, 1.82) is 0 Å². The lowest BCUT2D eigenvalue weighted by Crippen LogP contribution is -2.14. The molecule has 0 saturated carbocycles. The highest BCUT2D eigenvalue weighted by atomic mass is 79.9. The third-order valence-electron chi connectivity index (χ3n) is 2.69. The molecule has 0 aliphatic heterocycles. The van der Waals surface area contributed by atoms with Crippen molar-refractivity contribution in [3.63, 3.8) is 0 Å². The zero-order valence-corrected chi connectivity index (χ0v) is 12.1. The fraction of sp³-hybridized carbons (Fsp3) is 0.231. The number of aryl methyl sites for hydroxylation is 2. The average molecular weight is 325 g/mol. The highest BCUT2D eigenvalue weighted by Gasteiger charge is 2.20. The summed E-state index contributed by atoms with van der Waals surface area (Å²) in [6.07, 6.45) is 0.577. The molecule has 6 heteroatoms. The predicted molar refractivity (Wildman–Crippen MR) is 74.4 cm³/mol. The molecule has 19 heavy (non-hydrogen) atoms. The van der Waals surface area contributed by atoms with Crippen LogP contribution in [0.4, 0.5) is 5.69 Å². The average Bonchev–Trinajstić information content (AvgIpc) is 2.75. The molecule has 0 saturated heterocycles. The van der Waals surface area contributed by atoms with Gasteiger partial charge in [0, 0.05) is 10.9 Å². The molecule has 0 aliphatic rings. The number of benzene rings is 1. The number of phenols is 1. The van der Waals surface area contributed by atoms with Gasteiger partial charge in [-0.15, -0.1) is 0 Å². The highest BCUT2D eigenvalue weighted by molar-refractivity contribution is 9.10. The molecule has 0 bridgehead atoms. The number of phenolic OH excluding ortho intramolecular Hbond substituents is 1. The van der Waals surface area contributed by atoms with Gasteiger partial charge < -0.3 is 14.9 Å². The van der Waals surface area contributed by atoms with Crippen molar-refractivity contribution in [2.24, 2.45) is 0 Å². The molecule has 0 fully saturated rings. The lowest BCUT2D eigenvalue weighted by atomic mass is 10.1. The molecule has 1 heterocycles. The van der Waals surface area contributed by atoms with Crippen LogP contribution in [-0.2, 0) is 6.42 Å². The van der Waals surface area contributed by atoms with Crippen LogP contribution in [0.5, 0.6) is 5.75 Å². The third kappa shape index (κ3) is 2.78. The van der Waals surface area contributed by atoms with Crippen molar-refractivity contribution in [1.82, 2.24) is 5.16 Å². The summed E-state index contributed by atoms with van der Waals surface area (Å²) in [7, 11) is 0. The number of nitrogens with one attached hydrogen (secondary N) is 1. The van der Waals surface area contributed by atoms with Gasteiger partial charge in [-0.05, 0) is 25.1 Å². The lowest BCUT2D eigenvalue weighted by molar-refractivity contribution is 0.102. The van der Waals surface area contributed by atoms with Gasteiger partial charge in [-0.2, -0.15) is 0 Å². The number of halogens is 1. The minimum atomic E-state index is -0.344. The fourth-order valence-electron chi connectivity index (χ4n) is 1.74. The summed E-state index contributed by atoms with van der Waals surface area (Å²) in [5.41, 5.74) is 1.28. The fourth-order valence-corrected chi connectivity index (χ4v) is 2.10. The first kappa shape index (κ1) is 13.6. The van der Waals surface area contributed by atoms with E-state index >= 15 is 0 Å². The van der Waals surface area contributed by atoms with Gasteiger partial charge in [-0.3, -0.25) is 4.79 Å². The first-order valence-electron chi connectivity index (χ1n) is 5.78. The summed E-state index contributed by atoms with van der Waals surface area (Å²) >= 11 is 3.28. The van der Waals surface area contributed by atoms with Crippen LogP contribution in [0.3, 0.4) is 0 Å². The summed E-state index contributed by atoms with van der Waals surface area (Å²) in [5, 5.41) is 16.1. The number of anilines is 1. The number of aromatic nitrogens is 1. The summed E-state index contributed by atoms with van der Waals surface area (Å²) < 4.78 is 5.84. The Morgan fingerprint density at radius 2 is 2.26 bits per heavy atom. The Morgan fingerprint density at radius 1 is 1.53 bits per heavy atom. The molecule has 2 N–H and O–H groups in total. The summed E-state index contributed by atoms with van der Waals surface area (Å²) in [5.74, 6) is 0.192. The normalized spacial score (nSPS) is 10.5. The quantitative estimate of drug-likeness (QED) is 0.849. The van der Waals surface area contributed by atoms with Crippen LogP contribution in [-0.4, -0.2) is 16.2 Å². The number of rotatable bonds is 3. The monoisotopic (exact) mass is 324 g/mol. The maximum atomic E-state index is 12.2. The largest absolute Gasteiger partial charge is 0.506 e. The van der Waals surface area contributed by atoms with Gasteiger partial charge in [0.2, 0.25) is 0 Å². The maximum Gasteiger partial charge on any atom is 0.261 e. The molecule has 2 rings (SSSR count). The van der Waals surface area contributed by atoms with E-state index in [2.05, 4.69) is 26.4 Å². The first-order valence-corrected chi connectivity index (χ1v) is 6.57. The predicted octanol–water partition coefficient (Wildman–Crippen LogP) is 3.27. The Bertz CT molecular complexity index is 622. The van der Waals surface area contributed by atoms with Crippen molar-refractivity contribution in [2.75, 3.05) is 5.32 Å². The van der Waals surface area contributed by atoms with E-state index in [1.54, 1.807) is 19.1 Å². The number of aromatic hydroxyl groups is 1. The molecular weight excluding hydrogens is 312 g/mol. The van der Waals surface area contributed by atoms with Crippen LogP contribution < -0.4 is 5.32 Å². The Kier molecular flexibility index (Phi) is 3.90. The van der Waals surface area contributed by atoms with Crippen molar-refractivity contribution in [2.45, 2.75) is 20.3 Å². The van der Waals surface area contributed by atoms with E-state index in [1.165, 1.54) is 6.07 Å². The molecule has 2 aromatic rings. The Labute approximate surface area is 118 Å². The topological polar surface area (TPSA) is 75.4 Å². The van der Waals surface area contributed by atoms with Crippen molar-refractivity contribution in [3.05, 3.63) is 39.7 Å². The maximum absolute atomic E-state index is 12.2. The van der Waals surface area contributed by atoms with E-state index in [4.69, 9.17) is 4.52 Å². The van der Waals surface area contributed by atoms with E-state index in [-0.39, 0.29) is 11.7 Å². The highest BCUT2D eigenvalue weighted by Crippen LogP contribution is 2.28. The van der Waals surface area contributed by atoms with E-state index in [9.17, 15) is 9.90 Å². The van der Waals surface area contributed by atoms with E-state index < -0.39 is 0 Å². The molecule has 0 spiro atoms. The van der Waals surface area contributed by atoms with Crippen LogP contribution in [0.15, 0.2) is 27.2 Å². The molecule has 1 aromatic carbocycles. The van der Waals surface area contributed by atoms with Gasteiger partial charge in [-0.1, -0.05) is 28.0 Å². The number of carbonyl (C=O) groups excluding carboxylic acids is 1. The molecule has 5 nitrogen and oxygen atoms in total. The number of carbonyl (C=O) groups is 1. The molecular formula is C13H13BrN2O3. The molecule has 0 atom stereocenters. The second-order valence-electron chi connectivity index (χ2n) is 4.04. The zero-order valence-electron chi connectivity index (χ0n) is 10.5. The van der Waals surface area contributed by atoms with E-state index in [0.717, 1.165) is 4.47 Å². The van der Waals surface area contributed by atoms with Gasteiger partial charge in [0.1, 0.15) is 17.1 Å². The Hall–Kier alpha value is -1.82. The summed E-state index contributed by atoms with van der Waals surface area (Å²) in [6, 6.07) is 4.82. The van der Waals surface area contributed by atoms with E-state index in [0.29, 0.717) is 29.1 Å². The third-order valence-corrected chi connectivity index (χ3v) is 3.18. The summed E-state index contributed by atoms with van der Waals surface area (Å²) in [4.78, 5) is 12.2. The summed E-state index contributed by atoms with van der Waals surface area (Å²) in [6.45, 7) is 3.59. The van der Waals surface area contributed by atoms with Crippen LogP contribution >= 0.6 is 15.9 Å². The molecule has 0 aliphatic carbocycles. The van der Waals surface area contributed by atoms with Crippen molar-refractivity contribution < 1.29 is 14.4 Å². The minimum absolute atomic E-state index is 0.00343. The molecule has 0 radical (unpaired) electrons.